The van der Waals surface area contributed by atoms with Crippen molar-refractivity contribution < 1.29 is 4.79 Å². The van der Waals surface area contributed by atoms with Crippen LogP contribution in [0, 0.1) is 0 Å². The number of unbranched alkanes of at least 4 members (excludes halogenated alkanes) is 3. The zero-order chi connectivity index (χ0) is 13.7. The van der Waals surface area contributed by atoms with E-state index in [1.54, 1.807) is 18.1 Å². The van der Waals surface area contributed by atoms with Gasteiger partial charge in [-0.25, -0.2) is 0 Å². The van der Waals surface area contributed by atoms with E-state index in [0.29, 0.717) is 11.2 Å². The summed E-state index contributed by atoms with van der Waals surface area (Å²) < 4.78 is 0. The average Bonchev–Trinajstić information content (AvgIpc) is 2.72. The summed E-state index contributed by atoms with van der Waals surface area (Å²) >= 11 is 0. The van der Waals surface area contributed by atoms with E-state index in [-0.39, 0.29) is 0 Å². The summed E-state index contributed by atoms with van der Waals surface area (Å²) in [5.41, 5.74) is 3.54. The second kappa shape index (κ2) is 6.36. The van der Waals surface area contributed by atoms with E-state index in [4.69, 9.17) is 0 Å². The molecule has 2 rings (SSSR count). The molecule has 19 heavy (non-hydrogen) atoms. The summed E-state index contributed by atoms with van der Waals surface area (Å²) in [5.74, 6) is 0.330. The smallest absolute Gasteiger partial charge is 0.129 e. The first-order valence-corrected chi connectivity index (χ1v) is 7.70. The molecule has 1 aliphatic carbocycles. The largest absolute Gasteiger partial charge is 0.300 e. The molecule has 0 aliphatic heterocycles. The molecule has 1 aromatic rings. The Bertz CT molecular complexity index is 435. The Balaban J connectivity index is 1.76. The highest BCUT2D eigenvalue weighted by molar-refractivity contribution is 5.75. The first kappa shape index (κ1) is 14.3. The highest BCUT2D eigenvalue weighted by Crippen LogP contribution is 2.42. The summed E-state index contributed by atoms with van der Waals surface area (Å²) in [6.07, 6.45) is 9.45. The van der Waals surface area contributed by atoms with Crippen molar-refractivity contribution in [2.24, 2.45) is 0 Å². The molecule has 0 N–H and O–H groups in total. The number of hydrogen-bond acceptors (Lipinski definition) is 1. The number of ketones is 1. The maximum absolute atomic E-state index is 10.9. The fourth-order valence-corrected chi connectivity index (χ4v) is 3.37. The third kappa shape index (κ3) is 3.68. The first-order chi connectivity index (χ1) is 9.12. The third-order valence-corrected chi connectivity index (χ3v) is 4.62. The molecule has 1 aliphatic rings. The lowest BCUT2D eigenvalue weighted by atomic mass is 9.79. The van der Waals surface area contributed by atoms with Crippen molar-refractivity contribution in [1.82, 2.24) is 0 Å². The lowest BCUT2D eigenvalue weighted by Crippen LogP contribution is -2.17. The SMILES string of the molecule is CC(=O)CCCCCCC1(C)CCc2ccccc21. The van der Waals surface area contributed by atoms with Crippen LogP contribution < -0.4 is 0 Å². The van der Waals surface area contributed by atoms with Crippen LogP contribution in [0.4, 0.5) is 0 Å². The van der Waals surface area contributed by atoms with Gasteiger partial charge in [0.05, 0.1) is 0 Å². The zero-order valence-electron chi connectivity index (χ0n) is 12.4. The number of fused-ring (bicyclic) bond motifs is 1. The van der Waals surface area contributed by atoms with Gasteiger partial charge in [-0.3, -0.25) is 0 Å². The molecule has 0 saturated heterocycles. The molecule has 0 amide bonds. The molecule has 0 fully saturated rings. The number of carbonyl (C=O) groups is 1. The van der Waals surface area contributed by atoms with Crippen molar-refractivity contribution >= 4 is 5.78 Å². The summed E-state index contributed by atoms with van der Waals surface area (Å²) in [6.45, 7) is 4.12. The van der Waals surface area contributed by atoms with Gasteiger partial charge in [0.25, 0.3) is 0 Å². The van der Waals surface area contributed by atoms with Crippen LogP contribution in [0.25, 0.3) is 0 Å². The molecule has 0 saturated carbocycles. The number of aryl methyl sites for hydroxylation is 1. The highest BCUT2D eigenvalue weighted by Gasteiger charge is 2.32. The number of rotatable bonds is 7. The van der Waals surface area contributed by atoms with Crippen LogP contribution in [0.15, 0.2) is 24.3 Å². The Kier molecular flexibility index (Phi) is 4.79. The van der Waals surface area contributed by atoms with Crippen molar-refractivity contribution in [3.63, 3.8) is 0 Å². The Morgan fingerprint density at radius 3 is 2.68 bits per heavy atom. The number of benzene rings is 1. The molecule has 1 atom stereocenters. The van der Waals surface area contributed by atoms with Crippen LogP contribution in [0.1, 0.15) is 69.9 Å². The Morgan fingerprint density at radius 2 is 1.89 bits per heavy atom. The zero-order valence-corrected chi connectivity index (χ0v) is 12.4. The highest BCUT2D eigenvalue weighted by atomic mass is 16.1. The van der Waals surface area contributed by atoms with Crippen molar-refractivity contribution in [2.45, 2.75) is 70.6 Å². The minimum absolute atomic E-state index is 0.330. The van der Waals surface area contributed by atoms with Gasteiger partial charge >= 0.3 is 0 Å². The van der Waals surface area contributed by atoms with E-state index in [9.17, 15) is 4.79 Å². The van der Waals surface area contributed by atoms with Gasteiger partial charge in [-0.05, 0) is 49.1 Å². The minimum atomic E-state index is 0.330. The van der Waals surface area contributed by atoms with E-state index < -0.39 is 0 Å². The number of hydrogen-bond donors (Lipinski definition) is 0. The molecule has 104 valence electrons. The van der Waals surface area contributed by atoms with E-state index in [0.717, 1.165) is 12.8 Å². The first-order valence-electron chi connectivity index (χ1n) is 7.70. The lowest BCUT2D eigenvalue weighted by molar-refractivity contribution is -0.117. The fraction of sp³-hybridized carbons (Fsp3) is 0.611. The monoisotopic (exact) mass is 258 g/mol. The Hall–Kier alpha value is -1.11. The summed E-state index contributed by atoms with van der Waals surface area (Å²) in [6, 6.07) is 8.94. The molecule has 0 spiro atoms. The van der Waals surface area contributed by atoms with Gasteiger partial charge in [-0.15, -0.1) is 0 Å². The normalized spacial score (nSPS) is 21.4. The molecule has 1 nitrogen and oxygen atoms in total. The third-order valence-electron chi connectivity index (χ3n) is 4.62. The molecule has 0 bridgehead atoms. The lowest BCUT2D eigenvalue weighted by Gasteiger charge is -2.25. The van der Waals surface area contributed by atoms with Crippen LogP contribution in [0.3, 0.4) is 0 Å². The predicted molar refractivity (Wildman–Crippen MR) is 80.5 cm³/mol. The minimum Gasteiger partial charge on any atom is -0.300 e. The topological polar surface area (TPSA) is 17.1 Å². The van der Waals surface area contributed by atoms with Gasteiger partial charge < -0.3 is 4.79 Å². The summed E-state index contributed by atoms with van der Waals surface area (Å²) in [5, 5.41) is 0. The van der Waals surface area contributed by atoms with E-state index in [1.807, 2.05) is 0 Å². The van der Waals surface area contributed by atoms with E-state index >= 15 is 0 Å². The molecule has 1 aromatic carbocycles. The van der Waals surface area contributed by atoms with Crippen LogP contribution in [-0.2, 0) is 16.6 Å². The van der Waals surface area contributed by atoms with Gasteiger partial charge in [-0.1, -0.05) is 50.5 Å². The number of Topliss-reactive ketones (excluding diaryl/α,β-unsaturated/α-hetero) is 1. The average molecular weight is 258 g/mol. The fourth-order valence-electron chi connectivity index (χ4n) is 3.37. The molecule has 0 aromatic heterocycles. The maximum Gasteiger partial charge on any atom is 0.129 e. The molecule has 0 radical (unpaired) electrons. The van der Waals surface area contributed by atoms with Gasteiger partial charge in [0.2, 0.25) is 0 Å². The van der Waals surface area contributed by atoms with Crippen LogP contribution in [0.2, 0.25) is 0 Å². The Morgan fingerprint density at radius 1 is 1.16 bits per heavy atom. The van der Waals surface area contributed by atoms with Crippen molar-refractivity contribution in [3.05, 3.63) is 35.4 Å². The van der Waals surface area contributed by atoms with E-state index in [1.165, 1.54) is 38.5 Å². The molecule has 0 heterocycles. The molecular formula is C18H26O. The van der Waals surface area contributed by atoms with Crippen molar-refractivity contribution in [1.29, 1.82) is 0 Å². The quantitative estimate of drug-likeness (QED) is 0.641. The van der Waals surface area contributed by atoms with E-state index in [2.05, 4.69) is 31.2 Å². The van der Waals surface area contributed by atoms with Crippen LogP contribution in [-0.4, -0.2) is 5.78 Å². The molecule has 1 heteroatoms. The standard InChI is InChI=1S/C18H26O/c1-15(19)9-5-3-4-8-13-18(2)14-12-16-10-6-7-11-17(16)18/h6-7,10-11H,3-5,8-9,12-14H2,1-2H3. The predicted octanol–water partition coefficient (Wildman–Crippen LogP) is 4.82. The number of carbonyl (C=O) groups excluding carboxylic acids is 1. The summed E-state index contributed by atoms with van der Waals surface area (Å²) in [4.78, 5) is 10.9. The van der Waals surface area contributed by atoms with Crippen molar-refractivity contribution in [2.75, 3.05) is 0 Å². The van der Waals surface area contributed by atoms with Gasteiger partial charge in [0.1, 0.15) is 5.78 Å². The molecule has 1 unspecified atom stereocenters. The van der Waals surface area contributed by atoms with Crippen LogP contribution in [0.5, 0.6) is 0 Å². The maximum atomic E-state index is 10.9. The molecular weight excluding hydrogens is 232 g/mol. The van der Waals surface area contributed by atoms with Gasteiger partial charge in [0.15, 0.2) is 0 Å². The van der Waals surface area contributed by atoms with Gasteiger partial charge in [-0.2, -0.15) is 0 Å². The van der Waals surface area contributed by atoms with Crippen LogP contribution >= 0.6 is 0 Å². The van der Waals surface area contributed by atoms with Crippen molar-refractivity contribution in [3.8, 4) is 0 Å². The second-order valence-corrected chi connectivity index (χ2v) is 6.33. The summed E-state index contributed by atoms with van der Waals surface area (Å²) in [7, 11) is 0. The van der Waals surface area contributed by atoms with Gasteiger partial charge in [0, 0.05) is 6.42 Å². The Labute approximate surface area is 117 Å². The second-order valence-electron chi connectivity index (χ2n) is 6.33.